The van der Waals surface area contributed by atoms with Gasteiger partial charge in [0.15, 0.2) is 5.78 Å². The highest BCUT2D eigenvalue weighted by Gasteiger charge is 2.48. The molecule has 1 aromatic carbocycles. The first kappa shape index (κ1) is 13.3. The van der Waals surface area contributed by atoms with E-state index in [0.717, 1.165) is 28.4 Å². The summed E-state index contributed by atoms with van der Waals surface area (Å²) in [7, 11) is 0. The summed E-state index contributed by atoms with van der Waals surface area (Å²) < 4.78 is 0.531. The Morgan fingerprint density at radius 2 is 1.94 bits per heavy atom. The van der Waals surface area contributed by atoms with Crippen molar-refractivity contribution in [3.8, 4) is 0 Å². The van der Waals surface area contributed by atoms with Gasteiger partial charge in [0, 0.05) is 10.0 Å². The molecule has 1 nitrogen and oxygen atoms in total. The van der Waals surface area contributed by atoms with Gasteiger partial charge in [-0.3, -0.25) is 4.79 Å². The topological polar surface area (TPSA) is 17.1 Å². The van der Waals surface area contributed by atoms with Gasteiger partial charge in [-0.15, -0.1) is 0 Å². The lowest BCUT2D eigenvalue weighted by Crippen LogP contribution is -2.47. The number of ketones is 1. The van der Waals surface area contributed by atoms with Gasteiger partial charge in [0.25, 0.3) is 0 Å². The molecule has 0 saturated carbocycles. The minimum atomic E-state index is -0.437. The number of aryl methyl sites for hydroxylation is 1. The van der Waals surface area contributed by atoms with Gasteiger partial charge >= 0.3 is 0 Å². The summed E-state index contributed by atoms with van der Waals surface area (Å²) in [6.07, 6.45) is 1.82. The Morgan fingerprint density at radius 1 is 1.29 bits per heavy atom. The number of rotatable bonds is 0. The summed E-state index contributed by atoms with van der Waals surface area (Å²) in [5.41, 5.74) is 1.94. The lowest BCUT2D eigenvalue weighted by Gasteiger charge is -2.41. The quantitative estimate of drug-likeness (QED) is 0.610. The predicted octanol–water partition coefficient (Wildman–Crippen LogP) is 4.76. The van der Waals surface area contributed by atoms with Gasteiger partial charge in [-0.05, 0) is 36.0 Å². The van der Waals surface area contributed by atoms with Crippen LogP contribution in [0, 0.1) is 5.41 Å². The Hall–Kier alpha value is -0.150. The van der Waals surface area contributed by atoms with Gasteiger partial charge in [-0.1, -0.05) is 58.7 Å². The Morgan fingerprint density at radius 3 is 2.53 bits per heavy atom. The predicted molar refractivity (Wildman–Crippen MR) is 77.9 cm³/mol. The fourth-order valence-electron chi connectivity index (χ4n) is 2.33. The molecule has 0 unspecified atom stereocenters. The van der Waals surface area contributed by atoms with Gasteiger partial charge in [0.2, 0.25) is 0 Å². The summed E-state index contributed by atoms with van der Waals surface area (Å²) >= 11 is 7.15. The van der Waals surface area contributed by atoms with Crippen LogP contribution in [0.15, 0.2) is 22.7 Å². The van der Waals surface area contributed by atoms with Crippen molar-refractivity contribution in [1.82, 2.24) is 0 Å². The van der Waals surface area contributed by atoms with E-state index in [-0.39, 0.29) is 11.2 Å². The maximum atomic E-state index is 12.7. The lowest BCUT2D eigenvalue weighted by atomic mass is 9.69. The zero-order chi connectivity index (χ0) is 12.8. The number of alkyl halides is 1. The first-order valence-electron chi connectivity index (χ1n) is 5.78. The molecule has 0 aliphatic heterocycles. The van der Waals surface area contributed by atoms with E-state index in [1.165, 1.54) is 0 Å². The molecule has 0 saturated heterocycles. The van der Waals surface area contributed by atoms with Crippen LogP contribution in [-0.2, 0) is 6.42 Å². The Kier molecular flexibility index (Phi) is 3.28. The molecule has 0 amide bonds. The molecular weight excluding hydrogens is 344 g/mol. The van der Waals surface area contributed by atoms with Gasteiger partial charge in [0.05, 0.1) is 4.32 Å². The average Bonchev–Trinajstić information content (AvgIpc) is 2.23. The molecule has 1 aliphatic rings. The zero-order valence-electron chi connectivity index (χ0n) is 10.3. The van der Waals surface area contributed by atoms with E-state index < -0.39 is 4.32 Å². The second-order valence-electron chi connectivity index (χ2n) is 5.68. The standard InChI is InChI=1S/C14H16Br2O/c1-13(2,3)14(16)7-6-9-4-5-10(15)8-11(9)12(14)17/h4-5,8H,6-7H2,1-3H3/t14-/m0/s1. The molecule has 0 N–H and O–H groups in total. The highest BCUT2D eigenvalue weighted by atomic mass is 79.9. The Balaban J connectivity index is 2.53. The SMILES string of the molecule is CC(C)(C)[C@]1(Br)CCc2ccc(Br)cc2C1=O. The molecule has 0 radical (unpaired) electrons. The molecule has 3 heteroatoms. The van der Waals surface area contributed by atoms with Gasteiger partial charge in [0.1, 0.15) is 0 Å². The highest BCUT2D eigenvalue weighted by molar-refractivity contribution is 9.10. The number of carbonyl (C=O) groups is 1. The highest BCUT2D eigenvalue weighted by Crippen LogP contribution is 2.47. The van der Waals surface area contributed by atoms with Gasteiger partial charge in [-0.2, -0.15) is 0 Å². The van der Waals surface area contributed by atoms with Crippen LogP contribution in [0.4, 0.5) is 0 Å². The molecule has 0 fully saturated rings. The largest absolute Gasteiger partial charge is 0.293 e. The molecular formula is C14H16Br2O. The van der Waals surface area contributed by atoms with Gasteiger partial charge < -0.3 is 0 Å². The minimum absolute atomic E-state index is 0.0793. The van der Waals surface area contributed by atoms with Crippen LogP contribution in [-0.4, -0.2) is 10.1 Å². The molecule has 0 heterocycles. The molecule has 17 heavy (non-hydrogen) atoms. The lowest BCUT2D eigenvalue weighted by molar-refractivity contribution is 0.0849. The summed E-state index contributed by atoms with van der Waals surface area (Å²) in [4.78, 5) is 12.7. The smallest absolute Gasteiger partial charge is 0.180 e. The van der Waals surface area contributed by atoms with Gasteiger partial charge in [-0.25, -0.2) is 0 Å². The van der Waals surface area contributed by atoms with Crippen molar-refractivity contribution in [2.45, 2.75) is 37.9 Å². The molecule has 92 valence electrons. The fraction of sp³-hybridized carbons (Fsp3) is 0.500. The van der Waals surface area contributed by atoms with Crippen molar-refractivity contribution in [3.05, 3.63) is 33.8 Å². The third-order valence-electron chi connectivity index (χ3n) is 3.60. The normalized spacial score (nSPS) is 24.6. The van der Waals surface area contributed by atoms with E-state index in [0.29, 0.717) is 0 Å². The molecule has 1 aromatic rings. The molecule has 1 aliphatic carbocycles. The molecule has 0 spiro atoms. The van der Waals surface area contributed by atoms with Crippen LogP contribution < -0.4 is 0 Å². The average molecular weight is 360 g/mol. The van der Waals surface area contributed by atoms with E-state index in [1.54, 1.807) is 0 Å². The van der Waals surface area contributed by atoms with Crippen LogP contribution in [0.1, 0.15) is 43.1 Å². The number of hydrogen-bond acceptors (Lipinski definition) is 1. The number of hydrogen-bond donors (Lipinski definition) is 0. The van der Waals surface area contributed by atoms with Crippen molar-refractivity contribution < 1.29 is 4.79 Å². The van der Waals surface area contributed by atoms with Crippen LogP contribution in [0.3, 0.4) is 0 Å². The van der Waals surface area contributed by atoms with Crippen molar-refractivity contribution in [2.75, 3.05) is 0 Å². The Labute approximate surface area is 119 Å². The first-order valence-corrected chi connectivity index (χ1v) is 7.36. The van der Waals surface area contributed by atoms with Crippen molar-refractivity contribution in [2.24, 2.45) is 5.41 Å². The number of carbonyl (C=O) groups excluding carboxylic acids is 1. The van der Waals surface area contributed by atoms with E-state index in [4.69, 9.17) is 0 Å². The van der Waals surface area contributed by atoms with E-state index in [9.17, 15) is 4.79 Å². The summed E-state index contributed by atoms with van der Waals surface area (Å²) in [5.74, 6) is 0.215. The minimum Gasteiger partial charge on any atom is -0.293 e. The second kappa shape index (κ2) is 4.20. The maximum Gasteiger partial charge on any atom is 0.180 e. The summed E-state index contributed by atoms with van der Waals surface area (Å²) in [6, 6.07) is 6.00. The summed E-state index contributed by atoms with van der Waals surface area (Å²) in [5, 5.41) is 0. The van der Waals surface area contributed by atoms with E-state index >= 15 is 0 Å². The zero-order valence-corrected chi connectivity index (χ0v) is 13.5. The van der Waals surface area contributed by atoms with Crippen molar-refractivity contribution in [1.29, 1.82) is 0 Å². The van der Waals surface area contributed by atoms with Crippen LogP contribution >= 0.6 is 31.9 Å². The van der Waals surface area contributed by atoms with Crippen LogP contribution in [0.5, 0.6) is 0 Å². The van der Waals surface area contributed by atoms with Crippen LogP contribution in [0.2, 0.25) is 0 Å². The third kappa shape index (κ3) is 2.12. The van der Waals surface area contributed by atoms with E-state index in [2.05, 4.69) is 52.6 Å². The Bertz CT molecular complexity index is 474. The maximum absolute atomic E-state index is 12.7. The fourth-order valence-corrected chi connectivity index (χ4v) is 3.10. The van der Waals surface area contributed by atoms with E-state index in [1.807, 2.05) is 18.2 Å². The van der Waals surface area contributed by atoms with Crippen LogP contribution in [0.25, 0.3) is 0 Å². The molecule has 1 atom stereocenters. The second-order valence-corrected chi connectivity index (χ2v) is 7.95. The molecule has 2 rings (SSSR count). The van der Waals surface area contributed by atoms with Crippen molar-refractivity contribution >= 4 is 37.6 Å². The number of benzene rings is 1. The number of halogens is 2. The van der Waals surface area contributed by atoms with Crippen molar-refractivity contribution in [3.63, 3.8) is 0 Å². The first-order chi connectivity index (χ1) is 7.75. The third-order valence-corrected chi connectivity index (χ3v) is 6.04. The molecule has 0 aromatic heterocycles. The molecule has 0 bridgehead atoms. The summed E-state index contributed by atoms with van der Waals surface area (Å²) in [6.45, 7) is 6.34. The monoisotopic (exact) mass is 358 g/mol. The number of Topliss-reactive ketones (excluding diaryl/α,β-unsaturated/α-hetero) is 1. The number of fused-ring (bicyclic) bond motifs is 1.